The molecule has 1 unspecified atom stereocenters. The van der Waals surface area contributed by atoms with Crippen LogP contribution in [0.2, 0.25) is 0 Å². The van der Waals surface area contributed by atoms with Gasteiger partial charge in [-0.05, 0) is 38.5 Å². The van der Waals surface area contributed by atoms with E-state index in [1.54, 1.807) is 17.8 Å². The highest BCUT2D eigenvalue weighted by Gasteiger charge is 2.15. The maximum atomic E-state index is 13.1. The van der Waals surface area contributed by atoms with Crippen molar-refractivity contribution in [3.8, 4) is 0 Å². The molecule has 1 aromatic carbocycles. The number of rotatable bonds is 6. The van der Waals surface area contributed by atoms with Crippen molar-refractivity contribution in [3.63, 3.8) is 0 Å². The molecule has 0 radical (unpaired) electrons. The van der Waals surface area contributed by atoms with Gasteiger partial charge >= 0.3 is 0 Å². The molecule has 0 fully saturated rings. The molecule has 0 aliphatic carbocycles. The molecule has 0 saturated heterocycles. The smallest absolute Gasteiger partial charge is 0.159 e. The van der Waals surface area contributed by atoms with Crippen LogP contribution in [0.1, 0.15) is 34.1 Å². The Labute approximate surface area is 112 Å². The Balaban J connectivity index is 2.49. The molecule has 0 amide bonds. The Morgan fingerprint density at radius 1 is 1.28 bits per heavy atom. The van der Waals surface area contributed by atoms with Crippen molar-refractivity contribution in [3.05, 3.63) is 29.8 Å². The first kappa shape index (κ1) is 15.4. The Bertz CT molecular complexity index is 393. The predicted molar refractivity (Wildman–Crippen MR) is 74.0 cm³/mol. The van der Waals surface area contributed by atoms with Crippen molar-refractivity contribution in [1.82, 2.24) is 5.32 Å². The summed E-state index contributed by atoms with van der Waals surface area (Å²) >= 11 is 1.55. The summed E-state index contributed by atoms with van der Waals surface area (Å²) in [6, 6.07) is 4.04. The van der Waals surface area contributed by atoms with Crippen LogP contribution in [0.25, 0.3) is 0 Å². The van der Waals surface area contributed by atoms with Gasteiger partial charge in [0.1, 0.15) is 0 Å². The van der Waals surface area contributed by atoms with Crippen LogP contribution in [0.15, 0.2) is 23.1 Å². The lowest BCUT2D eigenvalue weighted by atomic mass is 10.0. The molecule has 0 aliphatic rings. The van der Waals surface area contributed by atoms with Gasteiger partial charge in [0, 0.05) is 22.2 Å². The highest BCUT2D eigenvalue weighted by atomic mass is 32.2. The lowest BCUT2D eigenvalue weighted by Crippen LogP contribution is -2.41. The zero-order valence-electron chi connectivity index (χ0n) is 11.4. The summed E-state index contributed by atoms with van der Waals surface area (Å²) in [5.74, 6) is -1.58. The molecule has 102 valence electrons. The van der Waals surface area contributed by atoms with E-state index in [2.05, 4.69) is 33.0 Å². The van der Waals surface area contributed by atoms with E-state index in [0.29, 0.717) is 5.25 Å². The van der Waals surface area contributed by atoms with Gasteiger partial charge in [0.15, 0.2) is 11.6 Å². The SMILES string of the molecule is CCC(C)(C)NCC(C)Sc1ccc(F)c(F)c1. The summed E-state index contributed by atoms with van der Waals surface area (Å²) in [4.78, 5) is 0.762. The van der Waals surface area contributed by atoms with Crippen LogP contribution >= 0.6 is 11.8 Å². The second-order valence-corrected chi connectivity index (χ2v) is 6.63. The van der Waals surface area contributed by atoms with E-state index in [1.807, 2.05) is 0 Å². The zero-order valence-corrected chi connectivity index (χ0v) is 12.2. The fourth-order valence-electron chi connectivity index (χ4n) is 1.37. The van der Waals surface area contributed by atoms with E-state index in [9.17, 15) is 8.78 Å². The lowest BCUT2D eigenvalue weighted by molar-refractivity contribution is 0.379. The maximum absolute atomic E-state index is 13.1. The third-order valence-corrected chi connectivity index (χ3v) is 4.08. The molecule has 1 N–H and O–H groups in total. The van der Waals surface area contributed by atoms with Crippen molar-refractivity contribution in [2.45, 2.75) is 49.8 Å². The molecular weight excluding hydrogens is 252 g/mol. The molecule has 0 aliphatic heterocycles. The van der Waals surface area contributed by atoms with Gasteiger partial charge in [-0.3, -0.25) is 0 Å². The van der Waals surface area contributed by atoms with E-state index in [0.717, 1.165) is 17.9 Å². The Hall–Kier alpha value is -0.610. The summed E-state index contributed by atoms with van der Waals surface area (Å²) < 4.78 is 25.8. The second-order valence-electron chi connectivity index (χ2n) is 5.12. The minimum atomic E-state index is -0.794. The Kier molecular flexibility index (Phi) is 5.60. The topological polar surface area (TPSA) is 12.0 Å². The minimum Gasteiger partial charge on any atom is -0.311 e. The molecule has 4 heteroatoms. The highest BCUT2D eigenvalue weighted by Crippen LogP contribution is 2.24. The zero-order chi connectivity index (χ0) is 13.8. The van der Waals surface area contributed by atoms with Crippen molar-refractivity contribution in [2.24, 2.45) is 0 Å². The number of thioether (sulfide) groups is 1. The van der Waals surface area contributed by atoms with E-state index in [-0.39, 0.29) is 5.54 Å². The molecule has 0 heterocycles. The maximum Gasteiger partial charge on any atom is 0.159 e. The average molecular weight is 273 g/mol. The van der Waals surface area contributed by atoms with Crippen molar-refractivity contribution < 1.29 is 8.78 Å². The van der Waals surface area contributed by atoms with Crippen LogP contribution < -0.4 is 5.32 Å². The first-order valence-electron chi connectivity index (χ1n) is 6.21. The number of hydrogen-bond donors (Lipinski definition) is 1. The molecule has 1 aromatic rings. The standard InChI is InChI=1S/C14H21F2NS/c1-5-14(3,4)17-9-10(2)18-11-6-7-12(15)13(16)8-11/h6-8,10,17H,5,9H2,1-4H3. The van der Waals surface area contributed by atoms with Gasteiger partial charge in [0.05, 0.1) is 0 Å². The third kappa shape index (κ3) is 4.94. The molecule has 1 atom stereocenters. The molecule has 1 nitrogen and oxygen atoms in total. The molecule has 0 spiro atoms. The highest BCUT2D eigenvalue weighted by molar-refractivity contribution is 8.00. The molecule has 0 saturated carbocycles. The van der Waals surface area contributed by atoms with Gasteiger partial charge in [-0.25, -0.2) is 8.78 Å². The summed E-state index contributed by atoms with van der Waals surface area (Å²) in [6.45, 7) is 9.36. The number of halogens is 2. The van der Waals surface area contributed by atoms with Gasteiger partial charge in [0.25, 0.3) is 0 Å². The summed E-state index contributed by atoms with van der Waals surface area (Å²) in [7, 11) is 0. The van der Waals surface area contributed by atoms with Crippen LogP contribution in [-0.2, 0) is 0 Å². The molecule has 0 aromatic heterocycles. The molecule has 0 bridgehead atoms. The summed E-state index contributed by atoms with van der Waals surface area (Å²) in [6.07, 6.45) is 1.05. The third-order valence-electron chi connectivity index (χ3n) is 2.98. The first-order chi connectivity index (χ1) is 8.34. The molecule has 18 heavy (non-hydrogen) atoms. The molecular formula is C14H21F2NS. The van der Waals surface area contributed by atoms with E-state index < -0.39 is 11.6 Å². The van der Waals surface area contributed by atoms with E-state index in [4.69, 9.17) is 0 Å². The van der Waals surface area contributed by atoms with Crippen molar-refractivity contribution in [2.75, 3.05) is 6.54 Å². The average Bonchev–Trinajstić information content (AvgIpc) is 2.32. The van der Waals surface area contributed by atoms with Crippen LogP contribution in [0.4, 0.5) is 8.78 Å². The fourth-order valence-corrected chi connectivity index (χ4v) is 2.32. The van der Waals surface area contributed by atoms with Gasteiger partial charge in [-0.15, -0.1) is 11.8 Å². The first-order valence-corrected chi connectivity index (χ1v) is 7.09. The van der Waals surface area contributed by atoms with E-state index >= 15 is 0 Å². The Morgan fingerprint density at radius 3 is 2.50 bits per heavy atom. The van der Waals surface area contributed by atoms with Crippen molar-refractivity contribution >= 4 is 11.8 Å². The lowest BCUT2D eigenvalue weighted by Gasteiger charge is -2.26. The van der Waals surface area contributed by atoms with Crippen LogP contribution in [0.5, 0.6) is 0 Å². The predicted octanol–water partition coefficient (Wildman–Crippen LogP) is 4.22. The quantitative estimate of drug-likeness (QED) is 0.779. The minimum absolute atomic E-state index is 0.114. The number of hydrogen-bond acceptors (Lipinski definition) is 2. The number of nitrogens with one attached hydrogen (secondary N) is 1. The Morgan fingerprint density at radius 2 is 1.94 bits per heavy atom. The van der Waals surface area contributed by atoms with Crippen molar-refractivity contribution in [1.29, 1.82) is 0 Å². The normalized spacial score (nSPS) is 13.7. The van der Waals surface area contributed by atoms with Gasteiger partial charge in [-0.1, -0.05) is 13.8 Å². The largest absolute Gasteiger partial charge is 0.311 e. The van der Waals surface area contributed by atoms with E-state index in [1.165, 1.54) is 12.1 Å². The fraction of sp³-hybridized carbons (Fsp3) is 0.571. The summed E-state index contributed by atoms with van der Waals surface area (Å²) in [5, 5.41) is 3.77. The number of benzene rings is 1. The second kappa shape index (κ2) is 6.53. The van der Waals surface area contributed by atoms with Crippen LogP contribution in [0.3, 0.4) is 0 Å². The van der Waals surface area contributed by atoms with Crippen LogP contribution in [0, 0.1) is 11.6 Å². The molecule has 1 rings (SSSR count). The van der Waals surface area contributed by atoms with Gasteiger partial charge in [-0.2, -0.15) is 0 Å². The van der Waals surface area contributed by atoms with Gasteiger partial charge in [0.2, 0.25) is 0 Å². The van der Waals surface area contributed by atoms with Gasteiger partial charge < -0.3 is 5.32 Å². The summed E-state index contributed by atoms with van der Waals surface area (Å²) in [5.41, 5.74) is 0.114. The van der Waals surface area contributed by atoms with Crippen LogP contribution in [-0.4, -0.2) is 17.3 Å². The monoisotopic (exact) mass is 273 g/mol.